The van der Waals surface area contributed by atoms with Gasteiger partial charge in [-0.15, -0.1) is 0 Å². The maximum Gasteiger partial charge on any atom is 0.126 e. The van der Waals surface area contributed by atoms with E-state index in [-0.39, 0.29) is 5.82 Å². The van der Waals surface area contributed by atoms with Crippen molar-refractivity contribution in [1.29, 1.82) is 0 Å². The number of rotatable bonds is 2. The first-order valence-electron chi connectivity index (χ1n) is 4.09. The smallest absolute Gasteiger partial charge is 0.126 e. The molecule has 0 aliphatic rings. The van der Waals surface area contributed by atoms with E-state index in [9.17, 15) is 9.50 Å². The molecule has 2 heteroatoms. The van der Waals surface area contributed by atoms with Crippen LogP contribution in [0.5, 0.6) is 0 Å². The summed E-state index contributed by atoms with van der Waals surface area (Å²) in [7, 11) is 0. The molecule has 0 bridgehead atoms. The molecule has 1 aromatic carbocycles. The standard InChI is InChI=1S/C10H13FO/c1-3-10(12)8-5-4-7(2)9(11)6-8/h4-6,10,12H,3H2,1-2H3. The average molecular weight is 168 g/mol. The summed E-state index contributed by atoms with van der Waals surface area (Å²) < 4.78 is 13.0. The van der Waals surface area contributed by atoms with Crippen LogP contribution >= 0.6 is 0 Å². The van der Waals surface area contributed by atoms with Gasteiger partial charge in [-0.3, -0.25) is 0 Å². The Kier molecular flexibility index (Phi) is 2.82. The molecule has 0 saturated carbocycles. The van der Waals surface area contributed by atoms with Gasteiger partial charge in [-0.1, -0.05) is 19.1 Å². The lowest BCUT2D eigenvalue weighted by Crippen LogP contribution is -1.96. The minimum Gasteiger partial charge on any atom is -0.388 e. The number of aliphatic hydroxyl groups is 1. The van der Waals surface area contributed by atoms with Crippen molar-refractivity contribution in [2.45, 2.75) is 26.4 Å². The molecule has 0 saturated heterocycles. The molecule has 66 valence electrons. The third-order valence-corrected chi connectivity index (χ3v) is 1.97. The van der Waals surface area contributed by atoms with Crippen molar-refractivity contribution < 1.29 is 9.50 Å². The van der Waals surface area contributed by atoms with Gasteiger partial charge in [-0.25, -0.2) is 4.39 Å². The Morgan fingerprint density at radius 2 is 2.17 bits per heavy atom. The van der Waals surface area contributed by atoms with Gasteiger partial charge < -0.3 is 5.11 Å². The molecule has 0 spiro atoms. The number of hydrogen-bond acceptors (Lipinski definition) is 1. The molecule has 0 aliphatic carbocycles. The Balaban J connectivity index is 2.96. The van der Waals surface area contributed by atoms with Crippen molar-refractivity contribution in [3.8, 4) is 0 Å². The van der Waals surface area contributed by atoms with E-state index in [4.69, 9.17) is 0 Å². The second kappa shape index (κ2) is 3.68. The molecule has 0 radical (unpaired) electrons. The predicted octanol–water partition coefficient (Wildman–Crippen LogP) is 2.58. The summed E-state index contributed by atoms with van der Waals surface area (Å²) in [5.41, 5.74) is 1.27. The van der Waals surface area contributed by atoms with Gasteiger partial charge in [0.05, 0.1) is 6.10 Å². The van der Waals surface area contributed by atoms with E-state index in [2.05, 4.69) is 0 Å². The van der Waals surface area contributed by atoms with Crippen LogP contribution < -0.4 is 0 Å². The van der Waals surface area contributed by atoms with E-state index in [1.807, 2.05) is 6.92 Å². The minimum atomic E-state index is -0.542. The van der Waals surface area contributed by atoms with E-state index < -0.39 is 6.10 Å². The Morgan fingerprint density at radius 3 is 2.67 bits per heavy atom. The number of benzene rings is 1. The summed E-state index contributed by atoms with van der Waals surface area (Å²) in [5, 5.41) is 9.38. The SMILES string of the molecule is CCC(O)c1ccc(C)c(F)c1. The molecule has 1 aromatic rings. The van der Waals surface area contributed by atoms with Gasteiger partial charge in [0, 0.05) is 0 Å². The van der Waals surface area contributed by atoms with Crippen LogP contribution in [0.1, 0.15) is 30.6 Å². The van der Waals surface area contributed by atoms with Crippen molar-refractivity contribution in [3.05, 3.63) is 35.1 Å². The quantitative estimate of drug-likeness (QED) is 0.719. The molecule has 1 unspecified atom stereocenters. The summed E-state index contributed by atoms with van der Waals surface area (Å²) in [6.45, 7) is 3.57. The molecule has 1 atom stereocenters. The average Bonchev–Trinajstić information content (AvgIpc) is 2.08. The van der Waals surface area contributed by atoms with Crippen molar-refractivity contribution >= 4 is 0 Å². The molecular weight excluding hydrogens is 155 g/mol. The summed E-state index contributed by atoms with van der Waals surface area (Å²) in [4.78, 5) is 0. The largest absolute Gasteiger partial charge is 0.388 e. The molecule has 0 aliphatic heterocycles. The number of halogens is 1. The maximum absolute atomic E-state index is 13.0. The molecular formula is C10H13FO. The van der Waals surface area contributed by atoms with Gasteiger partial charge in [0.2, 0.25) is 0 Å². The third-order valence-electron chi connectivity index (χ3n) is 1.97. The lowest BCUT2D eigenvalue weighted by Gasteiger charge is -2.08. The zero-order valence-electron chi connectivity index (χ0n) is 7.34. The van der Waals surface area contributed by atoms with E-state index in [0.717, 1.165) is 0 Å². The van der Waals surface area contributed by atoms with E-state index in [1.165, 1.54) is 6.07 Å². The van der Waals surface area contributed by atoms with Crippen molar-refractivity contribution in [3.63, 3.8) is 0 Å². The molecule has 0 aromatic heterocycles. The van der Waals surface area contributed by atoms with Crippen LogP contribution in [0, 0.1) is 12.7 Å². The molecule has 0 heterocycles. The fraction of sp³-hybridized carbons (Fsp3) is 0.400. The molecule has 1 rings (SSSR count). The first-order valence-corrected chi connectivity index (χ1v) is 4.09. The Morgan fingerprint density at radius 1 is 1.50 bits per heavy atom. The van der Waals surface area contributed by atoms with Crippen molar-refractivity contribution in [2.75, 3.05) is 0 Å². The highest BCUT2D eigenvalue weighted by Gasteiger charge is 2.06. The second-order valence-corrected chi connectivity index (χ2v) is 2.93. The van der Waals surface area contributed by atoms with Crippen LogP contribution in [0.2, 0.25) is 0 Å². The summed E-state index contributed by atoms with van der Waals surface area (Å²) in [5.74, 6) is -0.250. The van der Waals surface area contributed by atoms with Crippen molar-refractivity contribution in [1.82, 2.24) is 0 Å². The molecule has 12 heavy (non-hydrogen) atoms. The lowest BCUT2D eigenvalue weighted by molar-refractivity contribution is 0.173. The van der Waals surface area contributed by atoms with Crippen molar-refractivity contribution in [2.24, 2.45) is 0 Å². The summed E-state index contributed by atoms with van der Waals surface area (Å²) in [6.07, 6.45) is 0.0720. The number of aryl methyl sites for hydroxylation is 1. The Labute approximate surface area is 71.9 Å². The van der Waals surface area contributed by atoms with Gasteiger partial charge in [0.25, 0.3) is 0 Å². The molecule has 0 amide bonds. The van der Waals surface area contributed by atoms with Crippen LogP contribution in [0.15, 0.2) is 18.2 Å². The lowest BCUT2D eigenvalue weighted by atomic mass is 10.1. The van der Waals surface area contributed by atoms with Gasteiger partial charge in [0.15, 0.2) is 0 Å². The zero-order chi connectivity index (χ0) is 9.14. The number of hydrogen-bond donors (Lipinski definition) is 1. The molecule has 1 N–H and O–H groups in total. The van der Waals surface area contributed by atoms with Crippen LogP contribution in [0.3, 0.4) is 0 Å². The van der Waals surface area contributed by atoms with Crippen LogP contribution in [0.4, 0.5) is 4.39 Å². The van der Waals surface area contributed by atoms with Gasteiger partial charge in [-0.05, 0) is 30.5 Å². The van der Waals surface area contributed by atoms with Gasteiger partial charge in [0.1, 0.15) is 5.82 Å². The Bertz CT molecular complexity index is 271. The Hall–Kier alpha value is -0.890. The van der Waals surface area contributed by atoms with E-state index in [0.29, 0.717) is 17.5 Å². The topological polar surface area (TPSA) is 20.2 Å². The van der Waals surface area contributed by atoms with Gasteiger partial charge in [-0.2, -0.15) is 0 Å². The third kappa shape index (κ3) is 1.83. The highest BCUT2D eigenvalue weighted by atomic mass is 19.1. The van der Waals surface area contributed by atoms with E-state index in [1.54, 1.807) is 19.1 Å². The highest BCUT2D eigenvalue weighted by Crippen LogP contribution is 2.18. The van der Waals surface area contributed by atoms with Crippen LogP contribution in [-0.4, -0.2) is 5.11 Å². The predicted molar refractivity (Wildman–Crippen MR) is 46.4 cm³/mol. The minimum absolute atomic E-state index is 0.250. The first-order chi connectivity index (χ1) is 5.65. The van der Waals surface area contributed by atoms with Crippen LogP contribution in [0.25, 0.3) is 0 Å². The summed E-state index contributed by atoms with van der Waals surface area (Å²) in [6, 6.07) is 4.83. The van der Waals surface area contributed by atoms with Crippen LogP contribution in [-0.2, 0) is 0 Å². The van der Waals surface area contributed by atoms with Gasteiger partial charge >= 0.3 is 0 Å². The second-order valence-electron chi connectivity index (χ2n) is 2.93. The fourth-order valence-electron chi connectivity index (χ4n) is 1.05. The summed E-state index contributed by atoms with van der Waals surface area (Å²) >= 11 is 0. The molecule has 0 fully saturated rings. The maximum atomic E-state index is 13.0. The highest BCUT2D eigenvalue weighted by molar-refractivity contribution is 5.24. The van der Waals surface area contributed by atoms with E-state index >= 15 is 0 Å². The monoisotopic (exact) mass is 168 g/mol. The fourth-order valence-corrected chi connectivity index (χ4v) is 1.05. The first kappa shape index (κ1) is 9.20. The molecule has 1 nitrogen and oxygen atoms in total. The normalized spacial score (nSPS) is 13.0. The number of aliphatic hydroxyl groups excluding tert-OH is 1. The zero-order valence-corrected chi connectivity index (χ0v) is 7.34.